The summed E-state index contributed by atoms with van der Waals surface area (Å²) >= 11 is 0. The van der Waals surface area contributed by atoms with Gasteiger partial charge in [0.25, 0.3) is 0 Å². The Hall–Kier alpha value is -1.34. The molecule has 0 bridgehead atoms. The predicted octanol–water partition coefficient (Wildman–Crippen LogP) is 9.17. The van der Waals surface area contributed by atoms with E-state index in [4.69, 9.17) is 14.2 Å². The predicted molar refractivity (Wildman–Crippen MR) is 176 cm³/mol. The highest BCUT2D eigenvalue weighted by Gasteiger charge is 2.16. The van der Waals surface area contributed by atoms with Gasteiger partial charge in [0.05, 0.1) is 0 Å². The second kappa shape index (κ2) is 31.1. The molecule has 1 unspecified atom stereocenters. The molecule has 0 aromatic heterocycles. The average Bonchev–Trinajstić information content (AvgIpc) is 2.98. The zero-order chi connectivity index (χ0) is 31.1. The normalized spacial score (nSPS) is 12.2. The number of hydrogen-bond donors (Lipinski definition) is 0. The Morgan fingerprint density at radius 1 is 0.524 bits per heavy atom. The molecule has 0 radical (unpaired) electrons. The molecule has 0 saturated heterocycles. The van der Waals surface area contributed by atoms with Crippen LogP contribution < -0.4 is 0 Å². The molecule has 0 saturated carbocycles. The number of esters is 1. The summed E-state index contributed by atoms with van der Waals surface area (Å²) in [6.07, 6.45) is 20.9. The average molecular weight is 599 g/mol. The Labute approximate surface area is 260 Å². The molecular weight excluding hydrogens is 528 g/mol. The van der Waals surface area contributed by atoms with Gasteiger partial charge in [0, 0.05) is 32.6 Å². The van der Waals surface area contributed by atoms with E-state index in [0.29, 0.717) is 26.1 Å². The number of unbranched alkanes of at least 4 members (excludes halogenated alkanes) is 13. The van der Waals surface area contributed by atoms with Crippen LogP contribution in [-0.2, 0) is 19.0 Å². The lowest BCUT2D eigenvalue weighted by Crippen LogP contribution is -2.39. The summed E-state index contributed by atoms with van der Waals surface area (Å²) in [7, 11) is 0. The van der Waals surface area contributed by atoms with E-state index in [0.717, 1.165) is 64.7 Å². The third-order valence-electron chi connectivity index (χ3n) is 8.18. The van der Waals surface area contributed by atoms with Gasteiger partial charge in [-0.05, 0) is 45.2 Å². The van der Waals surface area contributed by atoms with E-state index in [9.17, 15) is 9.59 Å². The van der Waals surface area contributed by atoms with Crippen LogP contribution in [0.1, 0.15) is 157 Å². The van der Waals surface area contributed by atoms with E-state index in [1.807, 2.05) is 0 Å². The smallest absolute Gasteiger partial charge is 0.464 e. The molecule has 0 aliphatic carbocycles. The Balaban J connectivity index is 4.60. The van der Waals surface area contributed by atoms with Crippen LogP contribution in [0.4, 0.5) is 4.79 Å². The lowest BCUT2D eigenvalue weighted by molar-refractivity contribution is -0.144. The summed E-state index contributed by atoms with van der Waals surface area (Å²) in [5.41, 5.74) is 0. The van der Waals surface area contributed by atoms with E-state index >= 15 is 0 Å². The lowest BCUT2D eigenvalue weighted by atomic mass is 10.0. The topological polar surface area (TPSA) is 68.3 Å². The van der Waals surface area contributed by atoms with Gasteiger partial charge in [0.1, 0.15) is 19.3 Å². The molecule has 0 rings (SSSR count). The van der Waals surface area contributed by atoms with Crippen LogP contribution in [0, 0.1) is 0 Å². The molecule has 0 amide bonds. The number of likely N-dealkylation sites (N-methyl/N-ethyl adjacent to an activating group) is 1. The first kappa shape index (κ1) is 40.7. The monoisotopic (exact) mass is 599 g/mol. The Morgan fingerprint density at radius 2 is 0.976 bits per heavy atom. The van der Waals surface area contributed by atoms with E-state index < -0.39 is 6.16 Å². The summed E-state index contributed by atoms with van der Waals surface area (Å²) < 4.78 is 16.9. The fourth-order valence-corrected chi connectivity index (χ4v) is 5.21. The van der Waals surface area contributed by atoms with Crippen LogP contribution in [0.3, 0.4) is 0 Å². The molecular formula is C35H70N2O5. The second-order valence-electron chi connectivity index (χ2n) is 11.9. The highest BCUT2D eigenvalue weighted by molar-refractivity contribution is 5.69. The zero-order valence-corrected chi connectivity index (χ0v) is 28.6. The molecule has 0 aromatic rings. The van der Waals surface area contributed by atoms with Crippen molar-refractivity contribution in [2.75, 3.05) is 52.5 Å². The first-order valence-corrected chi connectivity index (χ1v) is 17.9. The van der Waals surface area contributed by atoms with Crippen LogP contribution in [0.15, 0.2) is 0 Å². The van der Waals surface area contributed by atoms with Crippen LogP contribution in [0.25, 0.3) is 0 Å². The molecule has 0 aromatic carbocycles. The molecule has 42 heavy (non-hydrogen) atoms. The van der Waals surface area contributed by atoms with Crippen molar-refractivity contribution in [1.82, 2.24) is 9.80 Å². The Morgan fingerprint density at radius 3 is 1.52 bits per heavy atom. The maximum Gasteiger partial charge on any atom is 0.508 e. The molecule has 0 aliphatic heterocycles. The number of ether oxygens (including phenoxy) is 3. The Kier molecular flexibility index (Phi) is 30.1. The largest absolute Gasteiger partial charge is 0.508 e. The van der Waals surface area contributed by atoms with Crippen molar-refractivity contribution in [3.05, 3.63) is 0 Å². The standard InChI is InChI=1S/C35H70N2O5/c1-6-11-14-17-18-20-22-25-33(24-21-16-13-8-3)42-35(39)41-32-30-37(28-27-36(9-4)10-5)29-31-40-34(38)26-23-19-15-12-7-2/h33H,6-32H2,1-5H3. The Bertz CT molecular complexity index is 600. The van der Waals surface area contributed by atoms with Crippen LogP contribution in [-0.4, -0.2) is 80.5 Å². The minimum atomic E-state index is -0.545. The molecule has 1 atom stereocenters. The molecule has 0 N–H and O–H groups in total. The zero-order valence-electron chi connectivity index (χ0n) is 28.6. The van der Waals surface area contributed by atoms with Gasteiger partial charge < -0.3 is 19.1 Å². The maximum atomic E-state index is 12.6. The summed E-state index contributed by atoms with van der Waals surface area (Å²) in [5.74, 6) is -0.110. The van der Waals surface area contributed by atoms with E-state index in [1.54, 1.807) is 0 Å². The first-order valence-electron chi connectivity index (χ1n) is 17.9. The molecule has 7 nitrogen and oxygen atoms in total. The highest BCUT2D eigenvalue weighted by Crippen LogP contribution is 2.17. The van der Waals surface area contributed by atoms with E-state index in [-0.39, 0.29) is 18.7 Å². The van der Waals surface area contributed by atoms with Crippen LogP contribution in [0.5, 0.6) is 0 Å². The lowest BCUT2D eigenvalue weighted by Gasteiger charge is -2.26. The van der Waals surface area contributed by atoms with Crippen molar-refractivity contribution in [1.29, 1.82) is 0 Å². The number of carbonyl (C=O) groups excluding carboxylic acids is 2. The van der Waals surface area contributed by atoms with Gasteiger partial charge in [-0.25, -0.2) is 4.79 Å². The quantitative estimate of drug-likeness (QED) is 0.0582. The number of carbonyl (C=O) groups is 2. The molecule has 0 spiro atoms. The van der Waals surface area contributed by atoms with Gasteiger partial charge in [0.15, 0.2) is 0 Å². The van der Waals surface area contributed by atoms with Crippen molar-refractivity contribution in [2.45, 2.75) is 163 Å². The molecule has 0 aliphatic rings. The van der Waals surface area contributed by atoms with Crippen molar-refractivity contribution in [3.8, 4) is 0 Å². The van der Waals surface area contributed by atoms with Gasteiger partial charge in [-0.2, -0.15) is 0 Å². The summed E-state index contributed by atoms with van der Waals surface area (Å²) in [6, 6.07) is 0. The van der Waals surface area contributed by atoms with Crippen molar-refractivity contribution in [3.63, 3.8) is 0 Å². The van der Waals surface area contributed by atoms with Crippen molar-refractivity contribution >= 4 is 12.1 Å². The van der Waals surface area contributed by atoms with Gasteiger partial charge in [-0.15, -0.1) is 0 Å². The fraction of sp³-hybridized carbons (Fsp3) is 0.943. The SMILES string of the molecule is CCCCCCCCCC(CCCCCC)OC(=O)OCCN(CCOC(=O)CCCCCCC)CCN(CC)CC. The summed E-state index contributed by atoms with van der Waals surface area (Å²) in [4.78, 5) is 29.4. The number of hydrogen-bond acceptors (Lipinski definition) is 7. The minimum Gasteiger partial charge on any atom is -0.464 e. The van der Waals surface area contributed by atoms with E-state index in [2.05, 4.69) is 44.4 Å². The summed E-state index contributed by atoms with van der Waals surface area (Å²) in [6.45, 7) is 16.7. The molecule has 7 heteroatoms. The second-order valence-corrected chi connectivity index (χ2v) is 11.9. The molecule has 250 valence electrons. The maximum absolute atomic E-state index is 12.6. The number of rotatable bonds is 31. The molecule has 0 heterocycles. The van der Waals surface area contributed by atoms with Gasteiger partial charge >= 0.3 is 12.1 Å². The first-order chi connectivity index (χ1) is 20.5. The minimum absolute atomic E-state index is 0.0508. The van der Waals surface area contributed by atoms with E-state index in [1.165, 1.54) is 77.0 Å². The third-order valence-corrected chi connectivity index (χ3v) is 8.18. The van der Waals surface area contributed by atoms with Crippen LogP contribution in [0.2, 0.25) is 0 Å². The third kappa shape index (κ3) is 26.3. The molecule has 0 fully saturated rings. The fourth-order valence-electron chi connectivity index (χ4n) is 5.21. The van der Waals surface area contributed by atoms with Gasteiger partial charge in [-0.3, -0.25) is 9.69 Å². The van der Waals surface area contributed by atoms with Crippen LogP contribution >= 0.6 is 0 Å². The van der Waals surface area contributed by atoms with Gasteiger partial charge in [-0.1, -0.05) is 118 Å². The highest BCUT2D eigenvalue weighted by atomic mass is 16.7. The van der Waals surface area contributed by atoms with Crippen molar-refractivity contribution in [2.24, 2.45) is 0 Å². The number of nitrogens with zero attached hydrogens (tertiary/aromatic N) is 2. The summed E-state index contributed by atoms with van der Waals surface area (Å²) in [5, 5.41) is 0. The van der Waals surface area contributed by atoms with Gasteiger partial charge in [0.2, 0.25) is 0 Å². The van der Waals surface area contributed by atoms with Crippen molar-refractivity contribution < 1.29 is 23.8 Å².